The summed E-state index contributed by atoms with van der Waals surface area (Å²) in [5.41, 5.74) is -5.46. The first-order valence-corrected chi connectivity index (χ1v) is 7.41. The highest BCUT2D eigenvalue weighted by Crippen LogP contribution is 2.37. The SMILES string of the molecule is COC(=O)C=Cc1ccc(OS(=O)(=O)C(F)(F)F)c(Cl)c1Cl. The Labute approximate surface area is 133 Å². The van der Waals surface area contributed by atoms with Crippen LogP contribution in [0.4, 0.5) is 13.2 Å². The van der Waals surface area contributed by atoms with E-state index in [1.54, 1.807) is 0 Å². The maximum atomic E-state index is 12.2. The van der Waals surface area contributed by atoms with Gasteiger partial charge in [-0.2, -0.15) is 21.6 Å². The summed E-state index contributed by atoms with van der Waals surface area (Å²) < 4.78 is 66.7. The fourth-order valence-corrected chi connectivity index (χ4v) is 2.08. The first-order chi connectivity index (χ1) is 9.99. The number of ether oxygens (including phenoxy) is 1. The number of methoxy groups -OCH3 is 1. The third kappa shape index (κ3) is 4.28. The van der Waals surface area contributed by atoms with Crippen molar-refractivity contribution in [3.8, 4) is 5.75 Å². The van der Waals surface area contributed by atoms with E-state index in [0.29, 0.717) is 0 Å². The molecule has 0 saturated carbocycles. The molecule has 0 unspecified atom stereocenters. The zero-order valence-corrected chi connectivity index (χ0v) is 13.0. The highest BCUT2D eigenvalue weighted by atomic mass is 35.5. The van der Waals surface area contributed by atoms with Crippen LogP contribution in [0, 0.1) is 0 Å². The average molecular weight is 379 g/mol. The second-order valence-corrected chi connectivity index (χ2v) is 5.91. The second-order valence-electron chi connectivity index (χ2n) is 3.62. The molecule has 0 heterocycles. The first kappa shape index (κ1) is 18.6. The maximum absolute atomic E-state index is 12.2. The van der Waals surface area contributed by atoms with E-state index in [9.17, 15) is 26.4 Å². The smallest absolute Gasteiger partial charge is 0.466 e. The summed E-state index contributed by atoms with van der Waals surface area (Å²) in [5, 5.41) is -0.849. The molecule has 0 amide bonds. The van der Waals surface area contributed by atoms with Gasteiger partial charge in [-0.25, -0.2) is 4.79 Å². The van der Waals surface area contributed by atoms with Crippen LogP contribution in [0.3, 0.4) is 0 Å². The van der Waals surface area contributed by atoms with Gasteiger partial charge in [0.25, 0.3) is 0 Å². The van der Waals surface area contributed by atoms with Crippen molar-refractivity contribution in [2.75, 3.05) is 7.11 Å². The van der Waals surface area contributed by atoms with Crippen molar-refractivity contribution in [2.45, 2.75) is 5.51 Å². The molecule has 0 N–H and O–H groups in total. The molecule has 0 aliphatic heterocycles. The van der Waals surface area contributed by atoms with E-state index in [0.717, 1.165) is 25.3 Å². The molecule has 0 bridgehead atoms. The second kappa shape index (κ2) is 6.76. The number of carbonyl (C=O) groups is 1. The van der Waals surface area contributed by atoms with Crippen LogP contribution in [0.5, 0.6) is 5.75 Å². The van der Waals surface area contributed by atoms with E-state index < -0.39 is 32.4 Å². The molecule has 0 spiro atoms. The lowest BCUT2D eigenvalue weighted by atomic mass is 10.2. The number of carbonyl (C=O) groups excluding carboxylic acids is 1. The van der Waals surface area contributed by atoms with Crippen molar-refractivity contribution in [1.29, 1.82) is 0 Å². The first-order valence-electron chi connectivity index (χ1n) is 5.24. The van der Waals surface area contributed by atoms with Crippen LogP contribution in [-0.2, 0) is 19.6 Å². The fourth-order valence-electron chi connectivity index (χ4n) is 1.13. The molecule has 5 nitrogen and oxygen atoms in total. The van der Waals surface area contributed by atoms with E-state index in [1.807, 2.05) is 0 Å². The van der Waals surface area contributed by atoms with Crippen LogP contribution in [0.2, 0.25) is 10.0 Å². The van der Waals surface area contributed by atoms with Crippen LogP contribution in [0.15, 0.2) is 18.2 Å². The number of hydrogen-bond donors (Lipinski definition) is 0. The third-order valence-corrected chi connectivity index (χ3v) is 4.00. The number of rotatable bonds is 4. The lowest BCUT2D eigenvalue weighted by molar-refractivity contribution is -0.134. The average Bonchev–Trinajstić information content (AvgIpc) is 2.41. The third-order valence-electron chi connectivity index (χ3n) is 2.16. The highest BCUT2D eigenvalue weighted by molar-refractivity contribution is 7.88. The monoisotopic (exact) mass is 378 g/mol. The van der Waals surface area contributed by atoms with Gasteiger partial charge in [0.15, 0.2) is 5.75 Å². The van der Waals surface area contributed by atoms with Gasteiger partial charge in [0.1, 0.15) is 5.02 Å². The normalized spacial score (nSPS) is 12.5. The van der Waals surface area contributed by atoms with Gasteiger partial charge in [0.2, 0.25) is 0 Å². The summed E-state index contributed by atoms with van der Waals surface area (Å²) in [6, 6.07) is 1.99. The summed E-state index contributed by atoms with van der Waals surface area (Å²) in [5.74, 6) is -1.49. The molecule has 122 valence electrons. The Morgan fingerprint density at radius 2 is 1.82 bits per heavy atom. The minimum atomic E-state index is -5.87. The Bertz CT molecular complexity index is 713. The zero-order chi connectivity index (χ0) is 17.1. The Morgan fingerprint density at radius 1 is 1.23 bits per heavy atom. The molecular weight excluding hydrogens is 372 g/mol. The van der Waals surface area contributed by atoms with Gasteiger partial charge in [-0.3, -0.25) is 0 Å². The number of alkyl halides is 3. The molecule has 0 aliphatic carbocycles. The van der Waals surface area contributed by atoms with E-state index in [4.69, 9.17) is 23.2 Å². The van der Waals surface area contributed by atoms with Crippen LogP contribution in [-0.4, -0.2) is 27.0 Å². The molecular formula is C11H7Cl2F3O5S. The quantitative estimate of drug-likeness (QED) is 0.347. The standard InChI is InChI=1S/C11H7Cl2F3O5S/c1-20-8(17)5-3-6-2-4-7(10(13)9(6)12)21-22(18,19)11(14,15)16/h2-5H,1H3. The predicted octanol–water partition coefficient (Wildman–Crippen LogP) is 3.41. The van der Waals surface area contributed by atoms with E-state index in [-0.39, 0.29) is 10.6 Å². The van der Waals surface area contributed by atoms with Crippen molar-refractivity contribution in [1.82, 2.24) is 0 Å². The zero-order valence-electron chi connectivity index (χ0n) is 10.6. The topological polar surface area (TPSA) is 69.7 Å². The lowest BCUT2D eigenvalue weighted by Crippen LogP contribution is -2.28. The Morgan fingerprint density at radius 3 is 2.32 bits per heavy atom. The number of halogens is 5. The summed E-state index contributed by atoms with van der Waals surface area (Å²) in [6.45, 7) is 0. The van der Waals surface area contributed by atoms with Crippen molar-refractivity contribution < 1.29 is 35.3 Å². The molecule has 1 aromatic rings. The molecule has 11 heteroatoms. The van der Waals surface area contributed by atoms with Crippen LogP contribution >= 0.6 is 23.2 Å². The van der Waals surface area contributed by atoms with E-state index >= 15 is 0 Å². The van der Waals surface area contributed by atoms with Crippen LogP contribution in [0.1, 0.15) is 5.56 Å². The van der Waals surface area contributed by atoms with E-state index in [2.05, 4.69) is 8.92 Å². The lowest BCUT2D eigenvalue weighted by Gasteiger charge is -2.12. The fraction of sp³-hybridized carbons (Fsp3) is 0.182. The molecule has 0 fully saturated rings. The maximum Gasteiger partial charge on any atom is 0.534 e. The summed E-state index contributed by atoms with van der Waals surface area (Å²) >= 11 is 11.4. The molecule has 0 saturated heterocycles. The number of esters is 1. The summed E-state index contributed by atoms with van der Waals surface area (Å²) in [4.78, 5) is 10.9. The van der Waals surface area contributed by atoms with Gasteiger partial charge in [-0.15, -0.1) is 0 Å². The number of hydrogen-bond acceptors (Lipinski definition) is 5. The van der Waals surface area contributed by atoms with Gasteiger partial charge < -0.3 is 8.92 Å². The van der Waals surface area contributed by atoms with Gasteiger partial charge >= 0.3 is 21.6 Å². The Balaban J connectivity index is 3.16. The van der Waals surface area contributed by atoms with Crippen LogP contribution < -0.4 is 4.18 Å². The van der Waals surface area contributed by atoms with Crippen molar-refractivity contribution in [3.63, 3.8) is 0 Å². The predicted molar refractivity (Wildman–Crippen MR) is 73.1 cm³/mol. The van der Waals surface area contributed by atoms with E-state index in [1.165, 1.54) is 6.08 Å². The molecule has 22 heavy (non-hydrogen) atoms. The number of benzene rings is 1. The molecule has 0 radical (unpaired) electrons. The van der Waals surface area contributed by atoms with Crippen molar-refractivity contribution >= 4 is 45.4 Å². The summed E-state index contributed by atoms with van der Waals surface area (Å²) in [6.07, 6.45) is 2.17. The van der Waals surface area contributed by atoms with Crippen LogP contribution in [0.25, 0.3) is 6.08 Å². The minimum absolute atomic E-state index is 0.147. The van der Waals surface area contributed by atoms with Gasteiger partial charge in [-0.05, 0) is 23.8 Å². The van der Waals surface area contributed by atoms with Crippen molar-refractivity contribution in [3.05, 3.63) is 33.8 Å². The van der Waals surface area contributed by atoms with Gasteiger partial charge in [-0.1, -0.05) is 23.2 Å². The van der Waals surface area contributed by atoms with Gasteiger partial charge in [0, 0.05) is 6.08 Å². The minimum Gasteiger partial charge on any atom is -0.466 e. The van der Waals surface area contributed by atoms with Crippen molar-refractivity contribution in [2.24, 2.45) is 0 Å². The van der Waals surface area contributed by atoms with Gasteiger partial charge in [0.05, 0.1) is 12.1 Å². The Hall–Kier alpha value is -1.45. The summed E-state index contributed by atoms with van der Waals surface area (Å²) in [7, 11) is -4.73. The molecule has 1 rings (SSSR count). The molecule has 0 atom stereocenters. The molecule has 1 aromatic carbocycles. The molecule has 0 aromatic heterocycles. The molecule has 0 aliphatic rings. The Kier molecular flexibility index (Phi) is 5.71. The largest absolute Gasteiger partial charge is 0.534 e. The highest BCUT2D eigenvalue weighted by Gasteiger charge is 2.48.